The second kappa shape index (κ2) is 9.49. The van der Waals surface area contributed by atoms with Crippen molar-refractivity contribution in [3.05, 3.63) is 71.3 Å². The number of benzene rings is 1. The monoisotopic (exact) mass is 545 g/mol. The van der Waals surface area contributed by atoms with Gasteiger partial charge < -0.3 is 14.8 Å². The lowest BCUT2D eigenvalue weighted by Gasteiger charge is -2.29. The molecule has 0 saturated carbocycles. The van der Waals surface area contributed by atoms with E-state index in [9.17, 15) is 27.2 Å². The van der Waals surface area contributed by atoms with Crippen molar-refractivity contribution in [2.75, 3.05) is 9.80 Å². The molecule has 0 unspecified atom stereocenters. The Labute approximate surface area is 219 Å². The van der Waals surface area contributed by atoms with Crippen LogP contribution in [-0.4, -0.2) is 37.0 Å². The second-order valence-electron chi connectivity index (χ2n) is 8.82. The summed E-state index contributed by atoms with van der Waals surface area (Å²) in [5.41, 5.74) is -3.43. The Balaban J connectivity index is 1.62. The van der Waals surface area contributed by atoms with Crippen LogP contribution in [0.15, 0.2) is 42.9 Å². The molecule has 3 heterocycles. The molecule has 0 aliphatic carbocycles. The van der Waals surface area contributed by atoms with E-state index in [2.05, 4.69) is 15.3 Å². The van der Waals surface area contributed by atoms with Crippen LogP contribution in [0.1, 0.15) is 41.3 Å². The van der Waals surface area contributed by atoms with Crippen LogP contribution >= 0.6 is 12.2 Å². The van der Waals surface area contributed by atoms with Crippen molar-refractivity contribution < 1.29 is 27.2 Å². The van der Waals surface area contributed by atoms with Crippen molar-refractivity contribution in [3.8, 4) is 6.07 Å². The average Bonchev–Trinajstić information content (AvgIpc) is 3.35. The molecule has 1 fully saturated rings. The highest BCUT2D eigenvalue weighted by Gasteiger charge is 2.51. The molecule has 9 nitrogen and oxygen atoms in total. The summed E-state index contributed by atoms with van der Waals surface area (Å²) in [5.74, 6) is -1.87. The number of alkyl halides is 3. The molecule has 38 heavy (non-hydrogen) atoms. The molecule has 196 valence electrons. The SMILES string of the molecule is Cn1ccnc1C(=O)NCc1ncc(N2C(=S)N(c3ccc(C#N)c(C(F)(F)F)c3)C(=O)C2(C)C)cc1F. The summed E-state index contributed by atoms with van der Waals surface area (Å²) < 4.78 is 57.0. The molecule has 0 radical (unpaired) electrons. The Kier molecular flexibility index (Phi) is 6.66. The quantitative estimate of drug-likeness (QED) is 0.385. The van der Waals surface area contributed by atoms with E-state index in [-0.39, 0.29) is 34.6 Å². The minimum atomic E-state index is -4.84. The first-order chi connectivity index (χ1) is 17.8. The van der Waals surface area contributed by atoms with Crippen LogP contribution in [0.25, 0.3) is 0 Å². The number of halogens is 4. The van der Waals surface area contributed by atoms with Crippen molar-refractivity contribution in [2.24, 2.45) is 7.05 Å². The van der Waals surface area contributed by atoms with Crippen molar-refractivity contribution in [3.63, 3.8) is 0 Å². The Bertz CT molecular complexity index is 1510. The minimum Gasteiger partial charge on any atom is -0.344 e. The molecule has 1 aliphatic heterocycles. The van der Waals surface area contributed by atoms with Crippen LogP contribution < -0.4 is 15.1 Å². The van der Waals surface area contributed by atoms with Gasteiger partial charge in [0.25, 0.3) is 11.8 Å². The molecule has 0 bridgehead atoms. The lowest BCUT2D eigenvalue weighted by atomic mass is 10.0. The van der Waals surface area contributed by atoms with Gasteiger partial charge in [0.2, 0.25) is 0 Å². The molecule has 1 aliphatic rings. The van der Waals surface area contributed by atoms with Gasteiger partial charge in [0.15, 0.2) is 10.9 Å². The van der Waals surface area contributed by atoms with Crippen molar-refractivity contribution in [1.29, 1.82) is 5.26 Å². The van der Waals surface area contributed by atoms with Gasteiger partial charge in [-0.1, -0.05) is 0 Å². The molecule has 14 heteroatoms. The van der Waals surface area contributed by atoms with E-state index in [0.29, 0.717) is 6.07 Å². The molecule has 0 atom stereocenters. The number of aryl methyl sites for hydroxylation is 1. The fourth-order valence-corrected chi connectivity index (χ4v) is 4.52. The van der Waals surface area contributed by atoms with Crippen molar-refractivity contribution >= 4 is 40.5 Å². The number of hydrogen-bond donors (Lipinski definition) is 1. The summed E-state index contributed by atoms with van der Waals surface area (Å²) in [4.78, 5) is 35.7. The van der Waals surface area contributed by atoms with Gasteiger partial charge in [0, 0.05) is 25.5 Å². The van der Waals surface area contributed by atoms with E-state index in [0.717, 1.165) is 17.0 Å². The van der Waals surface area contributed by atoms with E-state index in [1.165, 1.54) is 47.8 Å². The number of thiocarbonyl (C=S) groups is 1. The highest BCUT2D eigenvalue weighted by atomic mass is 32.1. The number of pyridine rings is 1. The summed E-state index contributed by atoms with van der Waals surface area (Å²) >= 11 is 5.44. The van der Waals surface area contributed by atoms with E-state index in [1.807, 2.05) is 0 Å². The maximum Gasteiger partial charge on any atom is 0.417 e. The van der Waals surface area contributed by atoms with Crippen LogP contribution in [0.4, 0.5) is 28.9 Å². The van der Waals surface area contributed by atoms with Crippen LogP contribution in [0.5, 0.6) is 0 Å². The summed E-state index contributed by atoms with van der Waals surface area (Å²) in [6.45, 7) is 2.71. The number of carbonyl (C=O) groups is 2. The fraction of sp³-hybridized carbons (Fsp3) is 0.250. The maximum absolute atomic E-state index is 15.0. The van der Waals surface area contributed by atoms with E-state index >= 15 is 0 Å². The number of aromatic nitrogens is 3. The van der Waals surface area contributed by atoms with Gasteiger partial charge >= 0.3 is 6.18 Å². The third kappa shape index (κ3) is 4.56. The number of amides is 2. The van der Waals surface area contributed by atoms with Crippen LogP contribution in [0, 0.1) is 17.1 Å². The standard InChI is InChI=1S/C24H19F4N7O2S/c1-23(2)21(37)34(14-5-4-13(10-29)16(8-14)24(26,27)28)22(38)35(23)15-9-17(25)18(31-11-15)12-32-20(36)19-30-6-7-33(19)3/h4-9,11H,12H2,1-3H3,(H,32,36). The maximum atomic E-state index is 15.0. The van der Waals surface area contributed by atoms with Crippen LogP contribution in [0.2, 0.25) is 0 Å². The van der Waals surface area contributed by atoms with Gasteiger partial charge in [-0.25, -0.2) is 9.37 Å². The number of carbonyl (C=O) groups excluding carboxylic acids is 2. The first-order valence-electron chi connectivity index (χ1n) is 11.0. The summed E-state index contributed by atoms with van der Waals surface area (Å²) in [6.07, 6.45) is -0.573. The smallest absolute Gasteiger partial charge is 0.344 e. The Morgan fingerprint density at radius 1 is 1.21 bits per heavy atom. The minimum absolute atomic E-state index is 0.0808. The number of hydrogen-bond acceptors (Lipinski definition) is 6. The molecule has 3 aromatic rings. The zero-order valence-corrected chi connectivity index (χ0v) is 21.0. The number of nitrogens with zero attached hydrogens (tertiary/aromatic N) is 6. The summed E-state index contributed by atoms with van der Waals surface area (Å²) in [7, 11) is 1.63. The zero-order valence-electron chi connectivity index (χ0n) is 20.2. The second-order valence-corrected chi connectivity index (χ2v) is 9.19. The van der Waals surface area contributed by atoms with E-state index < -0.39 is 40.5 Å². The molecule has 4 rings (SSSR count). The molecule has 2 amide bonds. The largest absolute Gasteiger partial charge is 0.417 e. The first-order valence-corrected chi connectivity index (χ1v) is 11.4. The number of anilines is 2. The van der Waals surface area contributed by atoms with Crippen molar-refractivity contribution in [2.45, 2.75) is 32.1 Å². The predicted octanol–water partition coefficient (Wildman–Crippen LogP) is 3.69. The Hall–Kier alpha value is -4.38. The van der Waals surface area contributed by atoms with Crippen molar-refractivity contribution in [1.82, 2.24) is 19.9 Å². The average molecular weight is 546 g/mol. The fourth-order valence-electron chi connectivity index (χ4n) is 4.00. The highest BCUT2D eigenvalue weighted by molar-refractivity contribution is 7.81. The number of rotatable bonds is 5. The Morgan fingerprint density at radius 3 is 2.50 bits per heavy atom. The van der Waals surface area contributed by atoms with Gasteiger partial charge in [-0.2, -0.15) is 18.4 Å². The van der Waals surface area contributed by atoms with Crippen LogP contribution in [0.3, 0.4) is 0 Å². The van der Waals surface area contributed by atoms with E-state index in [1.54, 1.807) is 13.2 Å². The van der Waals surface area contributed by atoms with Gasteiger partial charge in [0.1, 0.15) is 11.4 Å². The highest BCUT2D eigenvalue weighted by Crippen LogP contribution is 2.39. The van der Waals surface area contributed by atoms with Gasteiger partial charge in [-0.15, -0.1) is 0 Å². The van der Waals surface area contributed by atoms with E-state index in [4.69, 9.17) is 17.5 Å². The lowest BCUT2D eigenvalue weighted by molar-refractivity contribution is -0.137. The zero-order chi connectivity index (χ0) is 28.0. The van der Waals surface area contributed by atoms with Gasteiger partial charge in [-0.3, -0.25) is 19.5 Å². The molecule has 1 N–H and O–H groups in total. The number of nitrogens with one attached hydrogen (secondary N) is 1. The number of imidazole rings is 1. The Morgan fingerprint density at radius 2 is 1.92 bits per heavy atom. The number of nitriles is 1. The summed E-state index contributed by atoms with van der Waals surface area (Å²) in [6, 6.07) is 5.37. The molecular formula is C24H19F4N7O2S. The van der Waals surface area contributed by atoms with Gasteiger partial charge in [-0.05, 0) is 44.3 Å². The third-order valence-electron chi connectivity index (χ3n) is 5.96. The topological polar surface area (TPSA) is 107 Å². The molecule has 1 saturated heterocycles. The molecule has 2 aromatic heterocycles. The first kappa shape index (κ1) is 26.7. The molecule has 1 aromatic carbocycles. The molecule has 0 spiro atoms. The van der Waals surface area contributed by atoms with Crippen LogP contribution in [-0.2, 0) is 24.6 Å². The summed E-state index contributed by atoms with van der Waals surface area (Å²) in [5, 5.41) is 11.4. The predicted molar refractivity (Wildman–Crippen MR) is 131 cm³/mol. The van der Waals surface area contributed by atoms with Gasteiger partial charge in [0.05, 0.1) is 47.0 Å². The third-order valence-corrected chi connectivity index (χ3v) is 6.32. The lowest BCUT2D eigenvalue weighted by Crippen LogP contribution is -2.44. The normalized spacial score (nSPS) is 15.1. The molecular weight excluding hydrogens is 526 g/mol.